The van der Waals surface area contributed by atoms with Gasteiger partial charge in [0.05, 0.1) is 6.54 Å². The van der Waals surface area contributed by atoms with E-state index in [-0.39, 0.29) is 0 Å². The molecule has 5 heteroatoms. The average molecular weight is 276 g/mol. The first-order chi connectivity index (χ1) is 9.26. The molecule has 4 nitrogen and oxygen atoms in total. The van der Waals surface area contributed by atoms with E-state index in [1.54, 1.807) is 17.7 Å². The van der Waals surface area contributed by atoms with E-state index in [9.17, 15) is 0 Å². The normalized spacial score (nSPS) is 10.5. The lowest BCUT2D eigenvalue weighted by Gasteiger charge is -2.13. The van der Waals surface area contributed by atoms with Crippen LogP contribution >= 0.6 is 11.3 Å². The van der Waals surface area contributed by atoms with Crippen molar-refractivity contribution in [3.63, 3.8) is 0 Å². The Hall–Kier alpha value is -1.62. The summed E-state index contributed by atoms with van der Waals surface area (Å²) >= 11 is 1.78. The van der Waals surface area contributed by atoms with Gasteiger partial charge in [-0.3, -0.25) is 0 Å². The first-order valence-electron chi connectivity index (χ1n) is 6.54. The average Bonchev–Trinajstić information content (AvgIpc) is 2.83. The van der Waals surface area contributed by atoms with E-state index < -0.39 is 0 Å². The van der Waals surface area contributed by atoms with Gasteiger partial charge in [-0.1, -0.05) is 13.3 Å². The number of thiophene rings is 1. The summed E-state index contributed by atoms with van der Waals surface area (Å²) in [5.41, 5.74) is 2.50. The van der Waals surface area contributed by atoms with Crippen molar-refractivity contribution in [3.05, 3.63) is 33.8 Å². The largest absolute Gasteiger partial charge is 0.373 e. The van der Waals surface area contributed by atoms with E-state index in [0.29, 0.717) is 0 Å². The van der Waals surface area contributed by atoms with Crippen LogP contribution in [0.15, 0.2) is 17.8 Å². The molecule has 0 atom stereocenters. The first kappa shape index (κ1) is 13.8. The van der Waals surface area contributed by atoms with Gasteiger partial charge in [-0.25, -0.2) is 9.97 Å². The summed E-state index contributed by atoms with van der Waals surface area (Å²) < 4.78 is 0. The van der Waals surface area contributed by atoms with Crippen LogP contribution in [0.3, 0.4) is 0 Å². The molecule has 0 saturated carbocycles. The second kappa shape index (κ2) is 6.52. The molecule has 19 heavy (non-hydrogen) atoms. The van der Waals surface area contributed by atoms with E-state index >= 15 is 0 Å². The molecule has 2 aromatic heterocycles. The summed E-state index contributed by atoms with van der Waals surface area (Å²) in [7, 11) is 1.90. The summed E-state index contributed by atoms with van der Waals surface area (Å²) in [4.78, 5) is 10.0. The smallest absolute Gasteiger partial charge is 0.135 e. The fourth-order valence-electron chi connectivity index (χ4n) is 2.02. The minimum atomic E-state index is 0.820. The number of hydrogen-bond acceptors (Lipinski definition) is 5. The molecule has 0 spiro atoms. The maximum absolute atomic E-state index is 4.38. The van der Waals surface area contributed by atoms with Gasteiger partial charge in [-0.2, -0.15) is 0 Å². The van der Waals surface area contributed by atoms with Crippen molar-refractivity contribution in [1.82, 2.24) is 9.97 Å². The summed E-state index contributed by atoms with van der Waals surface area (Å²) in [5.74, 6) is 1.86. The highest BCUT2D eigenvalue weighted by atomic mass is 32.1. The zero-order valence-corrected chi connectivity index (χ0v) is 12.5. The predicted molar refractivity (Wildman–Crippen MR) is 82.0 cm³/mol. The molecule has 2 N–H and O–H groups in total. The van der Waals surface area contributed by atoms with E-state index in [1.807, 2.05) is 7.05 Å². The molecule has 0 aliphatic carbocycles. The molecular weight excluding hydrogens is 256 g/mol. The molecule has 2 heterocycles. The Morgan fingerprint density at radius 3 is 2.68 bits per heavy atom. The van der Waals surface area contributed by atoms with Crippen molar-refractivity contribution in [2.24, 2.45) is 0 Å². The van der Waals surface area contributed by atoms with Gasteiger partial charge in [-0.15, -0.1) is 11.3 Å². The van der Waals surface area contributed by atoms with Gasteiger partial charge in [0.25, 0.3) is 0 Å². The highest BCUT2D eigenvalue weighted by molar-refractivity contribution is 7.10. The highest BCUT2D eigenvalue weighted by Crippen LogP contribution is 2.23. The van der Waals surface area contributed by atoms with Gasteiger partial charge in [0.2, 0.25) is 0 Å². The summed E-state index contributed by atoms with van der Waals surface area (Å²) in [6.45, 7) is 5.12. The Kier molecular flexibility index (Phi) is 4.74. The summed E-state index contributed by atoms with van der Waals surface area (Å²) in [6.07, 6.45) is 3.66. The van der Waals surface area contributed by atoms with Crippen LogP contribution in [-0.2, 0) is 13.0 Å². The molecule has 2 rings (SSSR count). The zero-order valence-electron chi connectivity index (χ0n) is 11.7. The fourth-order valence-corrected chi connectivity index (χ4v) is 2.86. The van der Waals surface area contributed by atoms with Crippen LogP contribution in [0.25, 0.3) is 0 Å². The fraction of sp³-hybridized carbons (Fsp3) is 0.429. The van der Waals surface area contributed by atoms with Gasteiger partial charge in [0, 0.05) is 17.5 Å². The standard InChI is InChI=1S/C14H20N4S/c1-4-5-11-13(15-3)17-9-18-14(11)16-8-12-10(2)6-7-19-12/h6-7,9H,4-5,8H2,1-3H3,(H2,15,16,17,18). The van der Waals surface area contributed by atoms with E-state index in [0.717, 1.165) is 31.0 Å². The molecule has 0 amide bonds. The van der Waals surface area contributed by atoms with Crippen molar-refractivity contribution in [2.75, 3.05) is 17.7 Å². The number of anilines is 2. The Labute approximate surface area is 118 Å². The molecular formula is C14H20N4S. The number of hydrogen-bond donors (Lipinski definition) is 2. The second-order valence-corrected chi connectivity index (χ2v) is 5.43. The van der Waals surface area contributed by atoms with Crippen LogP contribution in [-0.4, -0.2) is 17.0 Å². The third kappa shape index (κ3) is 3.23. The number of rotatable bonds is 6. The van der Waals surface area contributed by atoms with Crippen molar-refractivity contribution in [3.8, 4) is 0 Å². The minimum absolute atomic E-state index is 0.820. The minimum Gasteiger partial charge on any atom is -0.373 e. The highest BCUT2D eigenvalue weighted by Gasteiger charge is 2.10. The zero-order chi connectivity index (χ0) is 13.7. The Morgan fingerprint density at radius 1 is 1.26 bits per heavy atom. The van der Waals surface area contributed by atoms with E-state index in [1.165, 1.54) is 16.0 Å². The van der Waals surface area contributed by atoms with Gasteiger partial charge in [0.1, 0.15) is 18.0 Å². The summed E-state index contributed by atoms with van der Waals surface area (Å²) in [5, 5.41) is 8.70. The van der Waals surface area contributed by atoms with Crippen LogP contribution < -0.4 is 10.6 Å². The third-order valence-corrected chi connectivity index (χ3v) is 4.09. The molecule has 0 saturated heterocycles. The van der Waals surface area contributed by atoms with Crippen LogP contribution in [0.4, 0.5) is 11.6 Å². The molecule has 2 aromatic rings. The SMILES string of the molecule is CCCc1c(NC)ncnc1NCc1sccc1C. The van der Waals surface area contributed by atoms with Crippen molar-refractivity contribution in [2.45, 2.75) is 33.2 Å². The van der Waals surface area contributed by atoms with E-state index in [4.69, 9.17) is 0 Å². The molecule has 0 unspecified atom stereocenters. The van der Waals surface area contributed by atoms with Gasteiger partial charge < -0.3 is 10.6 Å². The van der Waals surface area contributed by atoms with E-state index in [2.05, 4.69) is 45.9 Å². The molecule has 0 aromatic carbocycles. The maximum atomic E-state index is 4.38. The van der Waals surface area contributed by atoms with Crippen LogP contribution in [0.2, 0.25) is 0 Å². The lowest BCUT2D eigenvalue weighted by atomic mass is 10.1. The molecule has 102 valence electrons. The molecule has 0 fully saturated rings. The van der Waals surface area contributed by atoms with Crippen LogP contribution in [0.1, 0.15) is 29.3 Å². The number of nitrogens with one attached hydrogen (secondary N) is 2. The molecule has 0 aliphatic heterocycles. The number of aromatic nitrogens is 2. The molecule has 0 radical (unpaired) electrons. The Morgan fingerprint density at radius 2 is 2.05 bits per heavy atom. The second-order valence-electron chi connectivity index (χ2n) is 4.43. The molecule has 0 bridgehead atoms. The van der Waals surface area contributed by atoms with Gasteiger partial charge >= 0.3 is 0 Å². The monoisotopic (exact) mass is 276 g/mol. The third-order valence-electron chi connectivity index (χ3n) is 3.07. The Balaban J connectivity index is 2.17. The Bertz CT molecular complexity index is 536. The first-order valence-corrected chi connectivity index (χ1v) is 7.42. The van der Waals surface area contributed by atoms with Crippen molar-refractivity contribution >= 4 is 23.0 Å². The van der Waals surface area contributed by atoms with Gasteiger partial charge in [-0.05, 0) is 30.4 Å². The van der Waals surface area contributed by atoms with Crippen LogP contribution in [0, 0.1) is 6.92 Å². The van der Waals surface area contributed by atoms with Crippen molar-refractivity contribution < 1.29 is 0 Å². The quantitative estimate of drug-likeness (QED) is 0.848. The summed E-state index contributed by atoms with van der Waals surface area (Å²) in [6, 6.07) is 2.15. The lowest BCUT2D eigenvalue weighted by Crippen LogP contribution is -2.08. The number of nitrogens with zero attached hydrogens (tertiary/aromatic N) is 2. The number of aryl methyl sites for hydroxylation is 1. The lowest BCUT2D eigenvalue weighted by molar-refractivity contribution is 0.899. The molecule has 0 aliphatic rings. The topological polar surface area (TPSA) is 49.8 Å². The van der Waals surface area contributed by atoms with Crippen molar-refractivity contribution in [1.29, 1.82) is 0 Å². The predicted octanol–water partition coefficient (Wildman–Crippen LogP) is 3.45. The van der Waals surface area contributed by atoms with Crippen LogP contribution in [0.5, 0.6) is 0 Å². The maximum Gasteiger partial charge on any atom is 0.135 e. The van der Waals surface area contributed by atoms with Gasteiger partial charge in [0.15, 0.2) is 0 Å².